The van der Waals surface area contributed by atoms with Gasteiger partial charge in [-0.2, -0.15) is 0 Å². The lowest BCUT2D eigenvalue weighted by atomic mass is 10.0. The molecule has 0 radical (unpaired) electrons. The molecular weight excluding hydrogens is 216 g/mol. The fourth-order valence-electron chi connectivity index (χ4n) is 2.25. The van der Waals surface area contributed by atoms with E-state index in [2.05, 4.69) is 61.5 Å². The van der Waals surface area contributed by atoms with Crippen molar-refractivity contribution < 1.29 is 0 Å². The molecule has 0 unspecified atom stereocenters. The molecule has 2 aromatic rings. The SMILES string of the molecule is CCCCCCc1ccc(-c2ccccc2)cc1. The number of benzene rings is 2. The zero-order valence-corrected chi connectivity index (χ0v) is 11.2. The molecule has 0 spiro atoms. The third-order valence-electron chi connectivity index (χ3n) is 3.38. The number of aryl methyl sites for hydroxylation is 1. The Hall–Kier alpha value is -1.56. The first-order valence-corrected chi connectivity index (χ1v) is 7.04. The maximum atomic E-state index is 2.27. The number of hydrogen-bond donors (Lipinski definition) is 0. The first-order chi connectivity index (χ1) is 8.90. The lowest BCUT2D eigenvalue weighted by Gasteiger charge is -2.04. The first kappa shape index (κ1) is 12.9. The summed E-state index contributed by atoms with van der Waals surface area (Å²) in [5.74, 6) is 0. The Morgan fingerprint density at radius 2 is 1.33 bits per heavy atom. The van der Waals surface area contributed by atoms with Gasteiger partial charge < -0.3 is 0 Å². The molecule has 0 aromatic heterocycles. The van der Waals surface area contributed by atoms with E-state index in [9.17, 15) is 0 Å². The zero-order valence-electron chi connectivity index (χ0n) is 11.2. The van der Waals surface area contributed by atoms with Crippen molar-refractivity contribution in [3.63, 3.8) is 0 Å². The number of rotatable bonds is 6. The van der Waals surface area contributed by atoms with Gasteiger partial charge in [0, 0.05) is 0 Å². The van der Waals surface area contributed by atoms with Gasteiger partial charge in [-0.05, 0) is 29.5 Å². The molecule has 94 valence electrons. The lowest BCUT2D eigenvalue weighted by molar-refractivity contribution is 0.667. The fraction of sp³-hybridized carbons (Fsp3) is 0.333. The highest BCUT2D eigenvalue weighted by Gasteiger charge is 1.97. The van der Waals surface area contributed by atoms with Gasteiger partial charge >= 0.3 is 0 Å². The molecule has 0 bridgehead atoms. The molecule has 2 rings (SSSR count). The van der Waals surface area contributed by atoms with E-state index in [-0.39, 0.29) is 0 Å². The molecule has 0 atom stereocenters. The highest BCUT2D eigenvalue weighted by Crippen LogP contribution is 2.19. The molecular formula is C18H22. The molecule has 0 aliphatic heterocycles. The second-order valence-electron chi connectivity index (χ2n) is 4.87. The van der Waals surface area contributed by atoms with E-state index in [1.54, 1.807) is 0 Å². The van der Waals surface area contributed by atoms with Crippen LogP contribution in [0.25, 0.3) is 11.1 Å². The third kappa shape index (κ3) is 3.73. The second kappa shape index (κ2) is 7.00. The van der Waals surface area contributed by atoms with Gasteiger partial charge in [0.05, 0.1) is 0 Å². The van der Waals surface area contributed by atoms with E-state index in [0.29, 0.717) is 0 Å². The average molecular weight is 238 g/mol. The van der Waals surface area contributed by atoms with Crippen LogP contribution in [0, 0.1) is 0 Å². The Morgan fingerprint density at radius 1 is 0.667 bits per heavy atom. The topological polar surface area (TPSA) is 0 Å². The summed E-state index contributed by atoms with van der Waals surface area (Å²) >= 11 is 0. The van der Waals surface area contributed by atoms with Gasteiger partial charge in [0.15, 0.2) is 0 Å². The predicted octanol–water partition coefficient (Wildman–Crippen LogP) is 5.48. The van der Waals surface area contributed by atoms with Crippen molar-refractivity contribution in [2.75, 3.05) is 0 Å². The zero-order chi connectivity index (χ0) is 12.6. The molecule has 0 N–H and O–H groups in total. The Morgan fingerprint density at radius 3 is 2.00 bits per heavy atom. The summed E-state index contributed by atoms with van der Waals surface area (Å²) in [6.45, 7) is 2.26. The van der Waals surface area contributed by atoms with E-state index in [0.717, 1.165) is 0 Å². The lowest BCUT2D eigenvalue weighted by Crippen LogP contribution is -1.86. The minimum atomic E-state index is 1.22. The summed E-state index contributed by atoms with van der Waals surface area (Å²) in [5, 5.41) is 0. The molecule has 18 heavy (non-hydrogen) atoms. The third-order valence-corrected chi connectivity index (χ3v) is 3.38. The fourth-order valence-corrected chi connectivity index (χ4v) is 2.25. The Labute approximate surface area is 111 Å². The highest BCUT2D eigenvalue weighted by molar-refractivity contribution is 5.63. The van der Waals surface area contributed by atoms with E-state index < -0.39 is 0 Å². The Bertz CT molecular complexity index is 439. The van der Waals surface area contributed by atoms with Crippen LogP contribution in [0.15, 0.2) is 54.6 Å². The van der Waals surface area contributed by atoms with Gasteiger partial charge in [-0.25, -0.2) is 0 Å². The van der Waals surface area contributed by atoms with Crippen LogP contribution in [0.1, 0.15) is 38.2 Å². The van der Waals surface area contributed by atoms with Gasteiger partial charge in [0.2, 0.25) is 0 Å². The normalized spacial score (nSPS) is 10.5. The molecule has 0 heterocycles. The summed E-state index contributed by atoms with van der Waals surface area (Å²) in [4.78, 5) is 0. The second-order valence-corrected chi connectivity index (χ2v) is 4.87. The van der Waals surface area contributed by atoms with Crippen LogP contribution in [0.3, 0.4) is 0 Å². The molecule has 0 saturated heterocycles. The van der Waals surface area contributed by atoms with E-state index in [1.165, 1.54) is 48.8 Å². The summed E-state index contributed by atoms with van der Waals surface area (Å²) in [6.07, 6.45) is 6.57. The van der Waals surface area contributed by atoms with Crippen LogP contribution in [0.4, 0.5) is 0 Å². The minimum absolute atomic E-state index is 1.22. The molecule has 0 aliphatic rings. The van der Waals surface area contributed by atoms with Crippen LogP contribution >= 0.6 is 0 Å². The highest BCUT2D eigenvalue weighted by atomic mass is 14.0. The Kier molecular flexibility index (Phi) is 5.01. The maximum absolute atomic E-state index is 2.27. The van der Waals surface area contributed by atoms with Crippen LogP contribution in [-0.4, -0.2) is 0 Å². The van der Waals surface area contributed by atoms with Crippen molar-refractivity contribution in [2.45, 2.75) is 39.0 Å². The van der Waals surface area contributed by atoms with E-state index in [1.807, 2.05) is 0 Å². The molecule has 0 saturated carbocycles. The molecule has 0 aliphatic carbocycles. The average Bonchev–Trinajstić information content (AvgIpc) is 2.45. The summed E-state index contributed by atoms with van der Waals surface area (Å²) < 4.78 is 0. The summed E-state index contributed by atoms with van der Waals surface area (Å²) in [7, 11) is 0. The largest absolute Gasteiger partial charge is 0.0654 e. The van der Waals surface area contributed by atoms with Crippen molar-refractivity contribution in [3.8, 4) is 11.1 Å². The first-order valence-electron chi connectivity index (χ1n) is 7.04. The maximum Gasteiger partial charge on any atom is -0.0184 e. The van der Waals surface area contributed by atoms with Crippen LogP contribution in [0.2, 0.25) is 0 Å². The summed E-state index contributed by atoms with van der Waals surface area (Å²) in [6, 6.07) is 19.6. The van der Waals surface area contributed by atoms with Crippen molar-refractivity contribution in [3.05, 3.63) is 60.2 Å². The smallest absolute Gasteiger partial charge is 0.0184 e. The van der Waals surface area contributed by atoms with Gasteiger partial charge in [-0.1, -0.05) is 80.8 Å². The van der Waals surface area contributed by atoms with Crippen molar-refractivity contribution in [2.24, 2.45) is 0 Å². The van der Waals surface area contributed by atoms with Crippen molar-refractivity contribution >= 4 is 0 Å². The number of unbranched alkanes of at least 4 members (excludes halogenated alkanes) is 3. The molecule has 0 amide bonds. The van der Waals surface area contributed by atoms with Gasteiger partial charge in [-0.15, -0.1) is 0 Å². The monoisotopic (exact) mass is 238 g/mol. The molecule has 0 nitrogen and oxygen atoms in total. The molecule has 2 aromatic carbocycles. The molecule has 0 fully saturated rings. The van der Waals surface area contributed by atoms with Crippen molar-refractivity contribution in [1.29, 1.82) is 0 Å². The van der Waals surface area contributed by atoms with Crippen molar-refractivity contribution in [1.82, 2.24) is 0 Å². The number of hydrogen-bond acceptors (Lipinski definition) is 0. The van der Waals surface area contributed by atoms with Gasteiger partial charge in [-0.3, -0.25) is 0 Å². The quantitative estimate of drug-likeness (QED) is 0.585. The van der Waals surface area contributed by atoms with Gasteiger partial charge in [0.1, 0.15) is 0 Å². The van der Waals surface area contributed by atoms with E-state index in [4.69, 9.17) is 0 Å². The van der Waals surface area contributed by atoms with Crippen LogP contribution in [-0.2, 0) is 6.42 Å². The van der Waals surface area contributed by atoms with Crippen LogP contribution in [0.5, 0.6) is 0 Å². The molecule has 0 heteroatoms. The Balaban J connectivity index is 1.94. The standard InChI is InChI=1S/C18H22/c1-2-3-4-6-9-16-12-14-18(15-13-16)17-10-7-5-8-11-17/h5,7-8,10-15H,2-4,6,9H2,1H3. The van der Waals surface area contributed by atoms with Crippen LogP contribution < -0.4 is 0 Å². The van der Waals surface area contributed by atoms with E-state index >= 15 is 0 Å². The minimum Gasteiger partial charge on any atom is -0.0654 e. The van der Waals surface area contributed by atoms with Gasteiger partial charge in [0.25, 0.3) is 0 Å². The summed E-state index contributed by atoms with van der Waals surface area (Å²) in [5.41, 5.74) is 4.08. The predicted molar refractivity (Wildman–Crippen MR) is 79.7 cm³/mol.